The minimum Gasteiger partial charge on any atom is -0.493 e. The molecule has 3 rings (SSSR count). The largest absolute Gasteiger partial charge is 0.493 e. The van der Waals surface area contributed by atoms with Crippen LogP contribution in [-0.2, 0) is 4.79 Å². The highest BCUT2D eigenvalue weighted by Gasteiger charge is 2.30. The Labute approximate surface area is 156 Å². The average molecular weight is 369 g/mol. The number of rotatable bonds is 6. The van der Waals surface area contributed by atoms with E-state index in [0.29, 0.717) is 39.7 Å². The molecule has 2 aromatic rings. The molecule has 0 aromatic heterocycles. The number of ketones is 1. The lowest BCUT2D eigenvalue weighted by Crippen LogP contribution is -2.20. The van der Waals surface area contributed by atoms with Gasteiger partial charge in [0, 0.05) is 11.6 Å². The molecule has 0 saturated heterocycles. The molecule has 1 aliphatic rings. The molecule has 0 atom stereocenters. The maximum absolute atomic E-state index is 12.8. The Morgan fingerprint density at radius 3 is 2.67 bits per heavy atom. The number of amides is 1. The zero-order valence-electron chi connectivity index (χ0n) is 15.2. The molecule has 1 aliphatic heterocycles. The SMILES string of the molecule is COc1cccc(/C=C2\Oc3cc(OCC(N)=O)cc(C)c3C2=O)c1OC. The highest BCUT2D eigenvalue weighted by atomic mass is 16.5. The maximum Gasteiger partial charge on any atom is 0.255 e. The third-order valence-electron chi connectivity index (χ3n) is 4.04. The van der Waals surface area contributed by atoms with Crippen molar-refractivity contribution in [1.29, 1.82) is 0 Å². The molecule has 1 amide bonds. The molecule has 7 nitrogen and oxygen atoms in total. The number of carbonyl (C=O) groups is 2. The second kappa shape index (κ2) is 7.41. The summed E-state index contributed by atoms with van der Waals surface area (Å²) >= 11 is 0. The number of aryl methyl sites for hydroxylation is 1. The second-order valence-corrected chi connectivity index (χ2v) is 5.89. The van der Waals surface area contributed by atoms with Crippen LogP contribution in [0, 0.1) is 6.92 Å². The van der Waals surface area contributed by atoms with E-state index in [1.165, 1.54) is 7.11 Å². The Morgan fingerprint density at radius 2 is 2.00 bits per heavy atom. The van der Waals surface area contributed by atoms with E-state index in [0.717, 1.165) is 0 Å². The summed E-state index contributed by atoms with van der Waals surface area (Å²) in [5.74, 6) is 1.15. The van der Waals surface area contributed by atoms with Crippen LogP contribution >= 0.6 is 0 Å². The minimum absolute atomic E-state index is 0.159. The molecule has 0 unspecified atom stereocenters. The van der Waals surface area contributed by atoms with Gasteiger partial charge in [-0.25, -0.2) is 0 Å². The van der Waals surface area contributed by atoms with Crippen LogP contribution in [0.2, 0.25) is 0 Å². The topological polar surface area (TPSA) is 97.1 Å². The number of carbonyl (C=O) groups excluding carboxylic acids is 2. The number of hydrogen-bond acceptors (Lipinski definition) is 6. The van der Waals surface area contributed by atoms with Crippen LogP contribution in [0.25, 0.3) is 6.08 Å². The lowest BCUT2D eigenvalue weighted by molar-refractivity contribution is -0.119. The summed E-state index contributed by atoms with van der Waals surface area (Å²) in [5.41, 5.74) is 6.87. The van der Waals surface area contributed by atoms with Gasteiger partial charge in [-0.05, 0) is 30.7 Å². The summed E-state index contributed by atoms with van der Waals surface area (Å²) in [6, 6.07) is 8.58. The van der Waals surface area contributed by atoms with E-state index in [9.17, 15) is 9.59 Å². The van der Waals surface area contributed by atoms with Crippen molar-refractivity contribution < 1.29 is 28.5 Å². The van der Waals surface area contributed by atoms with Gasteiger partial charge in [0.2, 0.25) is 5.78 Å². The van der Waals surface area contributed by atoms with E-state index >= 15 is 0 Å². The van der Waals surface area contributed by atoms with Gasteiger partial charge in [0.05, 0.1) is 19.8 Å². The number of hydrogen-bond donors (Lipinski definition) is 1. The van der Waals surface area contributed by atoms with Crippen LogP contribution in [0.3, 0.4) is 0 Å². The number of Topliss-reactive ketones (excluding diaryl/α,β-unsaturated/α-hetero) is 1. The number of primary amides is 1. The molecule has 0 saturated carbocycles. The number of ether oxygens (including phenoxy) is 4. The lowest BCUT2D eigenvalue weighted by Gasteiger charge is -2.10. The number of methoxy groups -OCH3 is 2. The first-order valence-electron chi connectivity index (χ1n) is 8.15. The van der Waals surface area contributed by atoms with Gasteiger partial charge in [-0.1, -0.05) is 12.1 Å². The molecule has 140 valence electrons. The van der Waals surface area contributed by atoms with Crippen molar-refractivity contribution in [2.75, 3.05) is 20.8 Å². The first-order valence-corrected chi connectivity index (χ1v) is 8.15. The lowest BCUT2D eigenvalue weighted by atomic mass is 10.0. The summed E-state index contributed by atoms with van der Waals surface area (Å²) in [4.78, 5) is 23.7. The first kappa shape index (κ1) is 18.3. The zero-order chi connectivity index (χ0) is 19.6. The predicted molar refractivity (Wildman–Crippen MR) is 98.3 cm³/mol. The Bertz CT molecular complexity index is 948. The van der Waals surface area contributed by atoms with Crippen molar-refractivity contribution in [2.24, 2.45) is 5.73 Å². The highest BCUT2D eigenvalue weighted by Crippen LogP contribution is 2.39. The normalized spacial score (nSPS) is 13.9. The molecule has 0 radical (unpaired) electrons. The number of fused-ring (bicyclic) bond motifs is 1. The molecule has 0 fully saturated rings. The zero-order valence-corrected chi connectivity index (χ0v) is 15.2. The van der Waals surface area contributed by atoms with Crippen LogP contribution in [0.4, 0.5) is 0 Å². The molecular formula is C20H19NO6. The molecule has 0 aliphatic carbocycles. The molecular weight excluding hydrogens is 350 g/mol. The second-order valence-electron chi connectivity index (χ2n) is 5.89. The fourth-order valence-corrected chi connectivity index (χ4v) is 2.88. The molecule has 1 heterocycles. The van der Waals surface area contributed by atoms with E-state index < -0.39 is 5.91 Å². The maximum atomic E-state index is 12.8. The molecule has 7 heteroatoms. The number of para-hydroxylation sites is 1. The molecule has 2 N–H and O–H groups in total. The fourth-order valence-electron chi connectivity index (χ4n) is 2.88. The van der Waals surface area contributed by atoms with Gasteiger partial charge in [-0.2, -0.15) is 0 Å². The minimum atomic E-state index is -0.587. The molecule has 2 aromatic carbocycles. The summed E-state index contributed by atoms with van der Waals surface area (Å²) < 4.78 is 21.7. The van der Waals surface area contributed by atoms with Crippen LogP contribution in [-0.4, -0.2) is 32.5 Å². The van der Waals surface area contributed by atoms with E-state index in [4.69, 9.17) is 24.7 Å². The Balaban J connectivity index is 1.96. The van der Waals surface area contributed by atoms with E-state index in [-0.39, 0.29) is 18.1 Å². The van der Waals surface area contributed by atoms with E-state index in [1.54, 1.807) is 50.4 Å². The number of allylic oxidation sites excluding steroid dienone is 1. The molecule has 0 bridgehead atoms. The predicted octanol–water partition coefficient (Wildman–Crippen LogP) is 2.49. The van der Waals surface area contributed by atoms with Crippen molar-refractivity contribution in [3.63, 3.8) is 0 Å². The van der Waals surface area contributed by atoms with Gasteiger partial charge in [0.15, 0.2) is 23.9 Å². The van der Waals surface area contributed by atoms with Crippen LogP contribution in [0.5, 0.6) is 23.0 Å². The van der Waals surface area contributed by atoms with Crippen LogP contribution < -0.4 is 24.7 Å². The Morgan fingerprint density at radius 1 is 1.22 bits per heavy atom. The van der Waals surface area contributed by atoms with Gasteiger partial charge < -0.3 is 24.7 Å². The van der Waals surface area contributed by atoms with Crippen molar-refractivity contribution in [3.8, 4) is 23.0 Å². The van der Waals surface area contributed by atoms with Crippen LogP contribution in [0.1, 0.15) is 21.5 Å². The standard InChI is InChI=1S/C20H19NO6/c1-11-7-13(26-10-17(21)22)9-15-18(11)19(23)16(27-15)8-12-5-4-6-14(24-2)20(12)25-3/h4-9H,10H2,1-3H3,(H2,21,22)/b16-8-. The van der Waals surface area contributed by atoms with Gasteiger partial charge in [0.1, 0.15) is 11.5 Å². The van der Waals surface area contributed by atoms with Crippen molar-refractivity contribution in [3.05, 3.63) is 52.8 Å². The van der Waals surface area contributed by atoms with E-state index in [2.05, 4.69) is 0 Å². The van der Waals surface area contributed by atoms with Gasteiger partial charge >= 0.3 is 0 Å². The summed E-state index contributed by atoms with van der Waals surface area (Å²) in [6.07, 6.45) is 1.60. The van der Waals surface area contributed by atoms with Crippen molar-refractivity contribution in [2.45, 2.75) is 6.92 Å². The fraction of sp³-hybridized carbons (Fsp3) is 0.200. The number of benzene rings is 2. The third-order valence-corrected chi connectivity index (χ3v) is 4.04. The smallest absolute Gasteiger partial charge is 0.255 e. The number of nitrogens with two attached hydrogens (primary N) is 1. The monoisotopic (exact) mass is 369 g/mol. The molecule has 27 heavy (non-hydrogen) atoms. The summed E-state index contributed by atoms with van der Waals surface area (Å²) in [7, 11) is 3.07. The summed E-state index contributed by atoms with van der Waals surface area (Å²) in [6.45, 7) is 1.52. The van der Waals surface area contributed by atoms with E-state index in [1.807, 2.05) is 0 Å². The Hall–Kier alpha value is -3.48. The Kier molecular flexibility index (Phi) is 5.03. The first-order chi connectivity index (χ1) is 12.9. The third kappa shape index (κ3) is 3.57. The van der Waals surface area contributed by atoms with Gasteiger partial charge in [-0.15, -0.1) is 0 Å². The van der Waals surface area contributed by atoms with Crippen molar-refractivity contribution in [1.82, 2.24) is 0 Å². The molecule has 0 spiro atoms. The van der Waals surface area contributed by atoms with Crippen LogP contribution in [0.15, 0.2) is 36.1 Å². The summed E-state index contributed by atoms with van der Waals surface area (Å²) in [5, 5.41) is 0. The van der Waals surface area contributed by atoms with Gasteiger partial charge in [0.25, 0.3) is 5.91 Å². The average Bonchev–Trinajstić information content (AvgIpc) is 2.95. The highest BCUT2D eigenvalue weighted by molar-refractivity contribution is 6.15. The van der Waals surface area contributed by atoms with Crippen molar-refractivity contribution >= 4 is 17.8 Å². The quantitative estimate of drug-likeness (QED) is 0.786. The van der Waals surface area contributed by atoms with Gasteiger partial charge in [-0.3, -0.25) is 9.59 Å².